The van der Waals surface area contributed by atoms with E-state index in [1.54, 1.807) is 6.33 Å². The molecule has 0 aliphatic carbocycles. The summed E-state index contributed by atoms with van der Waals surface area (Å²) < 4.78 is 1.98. The number of rotatable bonds is 5. The lowest BCUT2D eigenvalue weighted by atomic mass is 10.1. The van der Waals surface area contributed by atoms with Crippen molar-refractivity contribution in [3.63, 3.8) is 0 Å². The summed E-state index contributed by atoms with van der Waals surface area (Å²) >= 11 is 0. The van der Waals surface area contributed by atoms with Crippen molar-refractivity contribution >= 4 is 16.9 Å². The van der Waals surface area contributed by atoms with E-state index >= 15 is 0 Å². The second kappa shape index (κ2) is 6.43. The molecule has 1 aromatic heterocycles. The average Bonchev–Trinajstić information content (AvgIpc) is 2.93. The van der Waals surface area contributed by atoms with E-state index in [-0.39, 0.29) is 5.91 Å². The van der Waals surface area contributed by atoms with Crippen LogP contribution in [0.1, 0.15) is 17.5 Å². The van der Waals surface area contributed by atoms with Crippen LogP contribution in [0, 0.1) is 0 Å². The number of fused-ring (bicyclic) bond motifs is 1. The van der Waals surface area contributed by atoms with Crippen LogP contribution in [-0.2, 0) is 24.8 Å². The van der Waals surface area contributed by atoms with Gasteiger partial charge in [0.05, 0.1) is 17.4 Å². The molecule has 0 radical (unpaired) electrons. The molecule has 0 spiro atoms. The van der Waals surface area contributed by atoms with Crippen LogP contribution in [0.5, 0.6) is 0 Å². The van der Waals surface area contributed by atoms with Crippen molar-refractivity contribution in [3.8, 4) is 0 Å². The van der Waals surface area contributed by atoms with Gasteiger partial charge in [-0.1, -0.05) is 36.4 Å². The largest absolute Gasteiger partial charge is 0.352 e. The van der Waals surface area contributed by atoms with Gasteiger partial charge >= 0.3 is 0 Å². The lowest BCUT2D eigenvalue weighted by molar-refractivity contribution is -0.121. The molecule has 3 aromatic rings. The fourth-order valence-electron chi connectivity index (χ4n) is 2.48. The number of carbonyl (C=O) groups excluding carboxylic acids is 1. The Morgan fingerprint density at radius 1 is 1.14 bits per heavy atom. The van der Waals surface area contributed by atoms with Crippen LogP contribution in [0.15, 0.2) is 54.9 Å². The van der Waals surface area contributed by atoms with Gasteiger partial charge in [-0.15, -0.1) is 0 Å². The molecule has 22 heavy (non-hydrogen) atoms. The van der Waals surface area contributed by atoms with Crippen molar-refractivity contribution in [2.24, 2.45) is 7.05 Å². The molecule has 4 nitrogen and oxygen atoms in total. The molecule has 0 aliphatic heterocycles. The maximum Gasteiger partial charge on any atom is 0.220 e. The van der Waals surface area contributed by atoms with Crippen LogP contribution in [0.25, 0.3) is 11.0 Å². The molecule has 3 rings (SSSR count). The smallest absolute Gasteiger partial charge is 0.220 e. The van der Waals surface area contributed by atoms with Crippen LogP contribution in [0.4, 0.5) is 0 Å². The minimum absolute atomic E-state index is 0.0740. The topological polar surface area (TPSA) is 46.9 Å². The van der Waals surface area contributed by atoms with Crippen LogP contribution in [0.3, 0.4) is 0 Å². The van der Waals surface area contributed by atoms with Crippen molar-refractivity contribution in [2.75, 3.05) is 0 Å². The number of hydrogen-bond donors (Lipinski definition) is 1. The number of aromatic nitrogens is 2. The molecule has 1 amide bonds. The summed E-state index contributed by atoms with van der Waals surface area (Å²) in [5, 5.41) is 2.97. The summed E-state index contributed by atoms with van der Waals surface area (Å²) in [5.74, 6) is 0.0740. The first kappa shape index (κ1) is 14.3. The Labute approximate surface area is 129 Å². The minimum atomic E-state index is 0.0740. The highest BCUT2D eigenvalue weighted by Gasteiger charge is 2.04. The third-order valence-corrected chi connectivity index (χ3v) is 3.76. The van der Waals surface area contributed by atoms with Gasteiger partial charge in [0.2, 0.25) is 5.91 Å². The molecule has 0 saturated heterocycles. The van der Waals surface area contributed by atoms with Gasteiger partial charge in [0, 0.05) is 20.0 Å². The molecule has 1 heterocycles. The van der Waals surface area contributed by atoms with Crippen LogP contribution in [0.2, 0.25) is 0 Å². The van der Waals surface area contributed by atoms with E-state index in [2.05, 4.69) is 10.3 Å². The molecule has 112 valence electrons. The van der Waals surface area contributed by atoms with E-state index in [1.807, 2.05) is 60.1 Å². The number of carbonyl (C=O) groups is 1. The van der Waals surface area contributed by atoms with Crippen molar-refractivity contribution < 1.29 is 4.79 Å². The summed E-state index contributed by atoms with van der Waals surface area (Å²) in [6, 6.07) is 16.1. The fourth-order valence-corrected chi connectivity index (χ4v) is 2.48. The average molecular weight is 293 g/mol. The highest BCUT2D eigenvalue weighted by molar-refractivity contribution is 5.77. The number of benzene rings is 2. The zero-order valence-electron chi connectivity index (χ0n) is 12.6. The molecule has 1 N–H and O–H groups in total. The molecule has 0 fully saturated rings. The number of aryl methyl sites for hydroxylation is 2. The number of imidazole rings is 1. The highest BCUT2D eigenvalue weighted by atomic mass is 16.1. The molecule has 2 aromatic carbocycles. The lowest BCUT2D eigenvalue weighted by Crippen LogP contribution is -2.22. The minimum Gasteiger partial charge on any atom is -0.352 e. The van der Waals surface area contributed by atoms with E-state index in [4.69, 9.17) is 0 Å². The van der Waals surface area contributed by atoms with E-state index < -0.39 is 0 Å². The second-order valence-electron chi connectivity index (χ2n) is 5.44. The standard InChI is InChI=1S/C18H19N3O/c1-21-13-20-16-11-15(7-9-17(16)21)12-19-18(22)10-8-14-5-3-2-4-6-14/h2-7,9,11,13H,8,10,12H2,1H3,(H,19,22). The number of hydrogen-bond acceptors (Lipinski definition) is 2. The summed E-state index contributed by atoms with van der Waals surface area (Å²) in [4.78, 5) is 16.3. The Bertz CT molecular complexity index is 777. The molecular weight excluding hydrogens is 274 g/mol. The Kier molecular flexibility index (Phi) is 4.19. The van der Waals surface area contributed by atoms with Gasteiger partial charge in [-0.25, -0.2) is 4.98 Å². The van der Waals surface area contributed by atoms with Crippen molar-refractivity contribution in [2.45, 2.75) is 19.4 Å². The normalized spacial score (nSPS) is 10.8. The monoisotopic (exact) mass is 293 g/mol. The van der Waals surface area contributed by atoms with Gasteiger partial charge < -0.3 is 9.88 Å². The van der Waals surface area contributed by atoms with Gasteiger partial charge in [-0.2, -0.15) is 0 Å². The van der Waals surface area contributed by atoms with Gasteiger partial charge in [-0.05, 0) is 29.7 Å². The summed E-state index contributed by atoms with van der Waals surface area (Å²) in [6.45, 7) is 0.542. The third-order valence-electron chi connectivity index (χ3n) is 3.76. The molecular formula is C18H19N3O. The van der Waals surface area contributed by atoms with Gasteiger partial charge in [0.25, 0.3) is 0 Å². The molecule has 0 unspecified atom stereocenters. The second-order valence-corrected chi connectivity index (χ2v) is 5.44. The molecule has 0 aliphatic rings. The zero-order valence-corrected chi connectivity index (χ0v) is 12.6. The van der Waals surface area contributed by atoms with Gasteiger partial charge in [-0.3, -0.25) is 4.79 Å². The Hall–Kier alpha value is -2.62. The molecule has 0 saturated carbocycles. The molecule has 4 heteroatoms. The first-order chi connectivity index (χ1) is 10.7. The summed E-state index contributed by atoms with van der Waals surface area (Å²) in [6.07, 6.45) is 3.08. The summed E-state index contributed by atoms with van der Waals surface area (Å²) in [5.41, 5.74) is 4.31. The van der Waals surface area contributed by atoms with E-state index in [0.717, 1.165) is 23.0 Å². The zero-order chi connectivity index (χ0) is 15.4. The lowest BCUT2D eigenvalue weighted by Gasteiger charge is -2.06. The van der Waals surface area contributed by atoms with Crippen molar-refractivity contribution in [1.82, 2.24) is 14.9 Å². The summed E-state index contributed by atoms with van der Waals surface area (Å²) in [7, 11) is 1.97. The fraction of sp³-hybridized carbons (Fsp3) is 0.222. The van der Waals surface area contributed by atoms with Crippen LogP contribution in [-0.4, -0.2) is 15.5 Å². The Morgan fingerprint density at radius 2 is 1.95 bits per heavy atom. The predicted octanol–water partition coefficient (Wildman–Crippen LogP) is 2.82. The highest BCUT2D eigenvalue weighted by Crippen LogP contribution is 2.13. The quantitative estimate of drug-likeness (QED) is 0.786. The van der Waals surface area contributed by atoms with Crippen molar-refractivity contribution in [3.05, 3.63) is 66.0 Å². The SMILES string of the molecule is Cn1cnc2cc(CNC(=O)CCc3ccccc3)ccc21. The van der Waals surface area contributed by atoms with E-state index in [9.17, 15) is 4.79 Å². The molecule has 0 atom stereocenters. The first-order valence-electron chi connectivity index (χ1n) is 7.43. The van der Waals surface area contributed by atoms with Gasteiger partial charge in [0.1, 0.15) is 0 Å². The van der Waals surface area contributed by atoms with Crippen molar-refractivity contribution in [1.29, 1.82) is 0 Å². The van der Waals surface area contributed by atoms with Crippen LogP contribution < -0.4 is 5.32 Å². The molecule has 0 bridgehead atoms. The van der Waals surface area contributed by atoms with E-state index in [1.165, 1.54) is 5.56 Å². The maximum atomic E-state index is 11.9. The van der Waals surface area contributed by atoms with E-state index in [0.29, 0.717) is 13.0 Å². The third kappa shape index (κ3) is 3.34. The number of nitrogens with one attached hydrogen (secondary N) is 1. The first-order valence-corrected chi connectivity index (χ1v) is 7.43. The Balaban J connectivity index is 1.53. The van der Waals surface area contributed by atoms with Gasteiger partial charge in [0.15, 0.2) is 0 Å². The Morgan fingerprint density at radius 3 is 2.77 bits per heavy atom. The maximum absolute atomic E-state index is 11.9. The number of amides is 1. The predicted molar refractivity (Wildman–Crippen MR) is 87.3 cm³/mol. The number of nitrogens with zero attached hydrogens (tertiary/aromatic N) is 2. The van der Waals surface area contributed by atoms with Crippen LogP contribution >= 0.6 is 0 Å².